The Balaban J connectivity index is 2.61. The van der Waals surface area contributed by atoms with Crippen LogP contribution in [0.5, 0.6) is 0 Å². The van der Waals surface area contributed by atoms with Crippen molar-refractivity contribution in [3.63, 3.8) is 0 Å². The summed E-state index contributed by atoms with van der Waals surface area (Å²) >= 11 is -0.128. The first kappa shape index (κ1) is 5.44. The molecule has 0 aromatic heterocycles. The van der Waals surface area contributed by atoms with E-state index in [-0.39, 0.29) is 21.6 Å². The molecule has 7 heavy (non-hydrogen) atoms. The zero-order chi connectivity index (χ0) is 5.28. The van der Waals surface area contributed by atoms with E-state index in [1.165, 1.54) is 0 Å². The quantitative estimate of drug-likeness (QED) is 0.519. The first-order valence-electron chi connectivity index (χ1n) is 2.41. The fourth-order valence-electron chi connectivity index (χ4n) is 0.644. The summed E-state index contributed by atoms with van der Waals surface area (Å²) in [5.74, 6) is 0. The van der Waals surface area contributed by atoms with E-state index in [0.29, 0.717) is 0 Å². The third kappa shape index (κ3) is 1.35. The number of hydrogen-bond acceptors (Lipinski definition) is 0. The first-order valence-corrected chi connectivity index (χ1v) is 5.26. The van der Waals surface area contributed by atoms with Crippen LogP contribution < -0.4 is 0 Å². The molecule has 0 fully saturated rings. The summed E-state index contributed by atoms with van der Waals surface area (Å²) in [6.07, 6.45) is 4.50. The van der Waals surface area contributed by atoms with E-state index < -0.39 is 0 Å². The maximum atomic E-state index is 2.25. The minimum absolute atomic E-state index is 0.128. The van der Waals surface area contributed by atoms with Crippen molar-refractivity contribution in [2.45, 2.75) is 13.8 Å². The molecule has 1 aliphatic rings. The van der Waals surface area contributed by atoms with E-state index in [1.807, 2.05) is 0 Å². The van der Waals surface area contributed by atoms with Crippen LogP contribution in [0.1, 0.15) is 13.8 Å². The second kappa shape index (κ2) is 2.04. The van der Waals surface area contributed by atoms with Gasteiger partial charge in [-0.05, 0) is 0 Å². The van der Waals surface area contributed by atoms with Gasteiger partial charge in [-0.3, -0.25) is 0 Å². The molecule has 38 valence electrons. The third-order valence-electron chi connectivity index (χ3n) is 0.978. The first-order chi connectivity index (χ1) is 3.29. The predicted octanol–water partition coefficient (Wildman–Crippen LogP) is 1.24. The van der Waals surface area contributed by atoms with Crippen LogP contribution in [0.4, 0.5) is 0 Å². The van der Waals surface area contributed by atoms with Crippen molar-refractivity contribution >= 4 is 21.6 Å². The molecule has 0 spiro atoms. The molecule has 0 atom stereocenters. The average molecular weight is 203 g/mol. The van der Waals surface area contributed by atoms with Crippen molar-refractivity contribution < 1.29 is 0 Å². The third-order valence-corrected chi connectivity index (χ3v) is 4.18. The van der Waals surface area contributed by atoms with Gasteiger partial charge in [0.1, 0.15) is 0 Å². The van der Waals surface area contributed by atoms with Gasteiger partial charge in [0.2, 0.25) is 0 Å². The summed E-state index contributed by atoms with van der Waals surface area (Å²) in [5, 5.41) is 0. The average Bonchev–Trinajstić information content (AvgIpc) is 1.87. The number of allylic oxidation sites excluding steroid dienone is 4. The fourth-order valence-corrected chi connectivity index (χ4v) is 3.37. The second-order valence-electron chi connectivity index (χ2n) is 1.82. The summed E-state index contributed by atoms with van der Waals surface area (Å²) in [5.41, 5.74) is 0. The molecule has 0 unspecified atom stereocenters. The van der Waals surface area contributed by atoms with Gasteiger partial charge in [0.15, 0.2) is 0 Å². The zero-order valence-corrected chi connectivity index (χ0v) is 7.51. The van der Waals surface area contributed by atoms with Crippen LogP contribution in [0, 0.1) is 0 Å². The van der Waals surface area contributed by atoms with E-state index in [4.69, 9.17) is 0 Å². The standard InChI is InChI=1S/C6H8.Sb.H/c1-3-5-6-4-2;;/h5-6H,1-2H3;;. The molecule has 0 saturated carbocycles. The van der Waals surface area contributed by atoms with Gasteiger partial charge in [-0.15, -0.1) is 0 Å². The van der Waals surface area contributed by atoms with Crippen LogP contribution in [0.2, 0.25) is 0 Å². The Kier molecular flexibility index (Phi) is 1.59. The molecule has 0 N–H and O–H groups in total. The van der Waals surface area contributed by atoms with Crippen LogP contribution in [-0.2, 0) is 0 Å². The molecule has 0 nitrogen and oxygen atoms in total. The summed E-state index contributed by atoms with van der Waals surface area (Å²) in [4.78, 5) is 0. The van der Waals surface area contributed by atoms with Crippen molar-refractivity contribution in [1.29, 1.82) is 0 Å². The van der Waals surface area contributed by atoms with E-state index in [2.05, 4.69) is 26.0 Å². The molecule has 0 bridgehead atoms. The predicted molar refractivity (Wildman–Crippen MR) is 34.7 cm³/mol. The van der Waals surface area contributed by atoms with Gasteiger partial charge in [0, 0.05) is 0 Å². The van der Waals surface area contributed by atoms with Crippen molar-refractivity contribution in [2.24, 2.45) is 0 Å². The van der Waals surface area contributed by atoms with E-state index in [1.54, 1.807) is 7.04 Å². The van der Waals surface area contributed by atoms with Gasteiger partial charge in [-0.2, -0.15) is 0 Å². The summed E-state index contributed by atoms with van der Waals surface area (Å²) in [6.45, 7) is 4.47. The second-order valence-corrected chi connectivity index (χ2v) is 7.04. The van der Waals surface area contributed by atoms with Crippen LogP contribution >= 0.6 is 0 Å². The Bertz CT molecular complexity index is 115. The molecule has 1 rings (SSSR count). The molecule has 0 aromatic rings. The molecule has 0 amide bonds. The van der Waals surface area contributed by atoms with Crippen molar-refractivity contribution in [3.8, 4) is 0 Å². The molecular weight excluding hydrogens is 194 g/mol. The van der Waals surface area contributed by atoms with Crippen LogP contribution in [0.3, 0.4) is 0 Å². The molecule has 0 aromatic carbocycles. The van der Waals surface area contributed by atoms with Gasteiger partial charge >= 0.3 is 54.7 Å². The van der Waals surface area contributed by atoms with Crippen LogP contribution in [0.15, 0.2) is 19.2 Å². The molecule has 1 aliphatic heterocycles. The minimum atomic E-state index is -0.128. The van der Waals surface area contributed by atoms with E-state index in [0.717, 1.165) is 0 Å². The molecule has 0 radical (unpaired) electrons. The molecule has 0 aliphatic carbocycles. The van der Waals surface area contributed by atoms with Crippen molar-refractivity contribution in [3.05, 3.63) is 19.2 Å². The Morgan fingerprint density at radius 3 is 1.71 bits per heavy atom. The Labute approximate surface area is 54.8 Å². The van der Waals surface area contributed by atoms with Crippen molar-refractivity contribution in [1.82, 2.24) is 0 Å². The van der Waals surface area contributed by atoms with Crippen molar-refractivity contribution in [2.75, 3.05) is 0 Å². The monoisotopic (exact) mass is 202 g/mol. The topological polar surface area (TPSA) is 0 Å². The van der Waals surface area contributed by atoms with E-state index in [9.17, 15) is 0 Å². The van der Waals surface area contributed by atoms with Crippen LogP contribution in [-0.4, -0.2) is 21.6 Å². The summed E-state index contributed by atoms with van der Waals surface area (Å²) in [6, 6.07) is 0. The molecule has 1 heterocycles. The SMILES string of the molecule is C[C]1=CC=[C](C)[SbH]1. The zero-order valence-electron chi connectivity index (χ0n) is 4.65. The number of hydrogen-bond donors (Lipinski definition) is 0. The summed E-state index contributed by atoms with van der Waals surface area (Å²) in [7, 11) is 0. The van der Waals surface area contributed by atoms with Crippen LogP contribution in [0.25, 0.3) is 0 Å². The maximum absolute atomic E-state index is 2.25. The Hall–Kier alpha value is 0.298. The van der Waals surface area contributed by atoms with Gasteiger partial charge in [-0.25, -0.2) is 0 Å². The molecule has 0 saturated heterocycles. The van der Waals surface area contributed by atoms with Gasteiger partial charge < -0.3 is 0 Å². The summed E-state index contributed by atoms with van der Waals surface area (Å²) < 4.78 is 3.31. The fraction of sp³-hybridized carbons (Fsp3) is 0.333. The van der Waals surface area contributed by atoms with Gasteiger partial charge in [-0.1, -0.05) is 0 Å². The van der Waals surface area contributed by atoms with Gasteiger partial charge in [0.05, 0.1) is 0 Å². The molecule has 1 heteroatoms. The number of rotatable bonds is 0. The van der Waals surface area contributed by atoms with Gasteiger partial charge in [0.25, 0.3) is 0 Å². The molecular formula is C6H9Sb. The van der Waals surface area contributed by atoms with E-state index >= 15 is 0 Å². The Morgan fingerprint density at radius 1 is 1.14 bits per heavy atom. The normalized spacial score (nSPS) is 19.1. The Morgan fingerprint density at radius 2 is 1.57 bits per heavy atom.